The van der Waals surface area contributed by atoms with Gasteiger partial charge in [0.15, 0.2) is 5.58 Å². The van der Waals surface area contributed by atoms with Crippen LogP contribution in [0, 0.1) is 0 Å². The largest absolute Gasteiger partial charge is 0.356 e. The molecule has 146 valence electrons. The minimum absolute atomic E-state index is 0.116. The molecule has 1 aromatic carbocycles. The lowest BCUT2D eigenvalue weighted by molar-refractivity contribution is 0.0699. The lowest BCUT2D eigenvalue weighted by Gasteiger charge is -2.34. The Balaban J connectivity index is 1.17. The Hall–Kier alpha value is -2.67. The van der Waals surface area contributed by atoms with Gasteiger partial charge in [-0.2, -0.15) is 0 Å². The summed E-state index contributed by atoms with van der Waals surface area (Å²) in [6, 6.07) is 8.10. The number of aryl methyl sites for hydroxylation is 1. The first-order valence-corrected chi connectivity index (χ1v) is 10.1. The number of imidazole rings is 1. The fourth-order valence-corrected chi connectivity index (χ4v) is 4.53. The molecule has 0 radical (unpaired) electrons. The Labute approximate surface area is 163 Å². The van der Waals surface area contributed by atoms with E-state index in [0.717, 1.165) is 80.0 Å². The normalized spacial score (nSPS) is 18.8. The molecule has 5 rings (SSSR count). The first-order valence-electron chi connectivity index (χ1n) is 10.1. The number of carbonyl (C=O) groups is 1. The highest BCUT2D eigenvalue weighted by Crippen LogP contribution is 2.32. The van der Waals surface area contributed by atoms with Gasteiger partial charge in [-0.3, -0.25) is 4.79 Å². The van der Waals surface area contributed by atoms with Crippen LogP contribution >= 0.6 is 0 Å². The van der Waals surface area contributed by atoms with Gasteiger partial charge < -0.3 is 18.9 Å². The average Bonchev–Trinajstić information content (AvgIpc) is 3.32. The quantitative estimate of drug-likeness (QED) is 0.697. The van der Waals surface area contributed by atoms with Crippen molar-refractivity contribution in [3.63, 3.8) is 0 Å². The number of aromatic nitrogens is 3. The van der Waals surface area contributed by atoms with E-state index in [1.165, 1.54) is 0 Å². The molecule has 0 atom stereocenters. The highest BCUT2D eigenvalue weighted by atomic mass is 16.5. The van der Waals surface area contributed by atoms with E-state index < -0.39 is 0 Å². The van der Waals surface area contributed by atoms with Crippen molar-refractivity contribution >= 4 is 16.9 Å². The number of nitrogens with zero attached hydrogens (tertiary/aromatic N) is 5. The monoisotopic (exact) mass is 379 g/mol. The van der Waals surface area contributed by atoms with Crippen LogP contribution in [0.4, 0.5) is 0 Å². The van der Waals surface area contributed by atoms with E-state index >= 15 is 0 Å². The number of hydrogen-bond acceptors (Lipinski definition) is 5. The highest BCUT2D eigenvalue weighted by Gasteiger charge is 2.29. The molecule has 1 saturated heterocycles. The van der Waals surface area contributed by atoms with Crippen molar-refractivity contribution in [1.82, 2.24) is 24.5 Å². The van der Waals surface area contributed by atoms with Crippen LogP contribution in [0.25, 0.3) is 11.0 Å². The van der Waals surface area contributed by atoms with Gasteiger partial charge in [-0.1, -0.05) is 17.3 Å². The molecule has 0 N–H and O–H groups in total. The number of benzene rings is 1. The minimum Gasteiger partial charge on any atom is -0.356 e. The molecule has 2 aromatic heterocycles. The maximum atomic E-state index is 12.7. The number of piperidine rings is 1. The number of likely N-dealkylation sites (tertiary alicyclic amines) is 1. The summed E-state index contributed by atoms with van der Waals surface area (Å²) in [4.78, 5) is 21.5. The third-order valence-electron chi connectivity index (χ3n) is 6.19. The standard InChI is InChI=1S/C21H25N5O2/c1-24-14-22-17-8-11-26(21(27)20(17)24)13-12-25-9-6-15(7-10-25)19-16-4-2-3-5-18(16)28-23-19/h2-5,14-15H,6-13H2,1H3. The smallest absolute Gasteiger partial charge is 0.272 e. The summed E-state index contributed by atoms with van der Waals surface area (Å²) >= 11 is 0. The number of fused-ring (bicyclic) bond motifs is 2. The fraction of sp³-hybridized carbons (Fsp3) is 0.476. The Bertz CT molecular complexity index is 999. The van der Waals surface area contributed by atoms with Crippen LogP contribution in [0.1, 0.15) is 40.6 Å². The highest BCUT2D eigenvalue weighted by molar-refractivity contribution is 5.94. The van der Waals surface area contributed by atoms with Gasteiger partial charge in [-0.05, 0) is 38.1 Å². The Morgan fingerprint density at radius 2 is 1.96 bits per heavy atom. The summed E-state index contributed by atoms with van der Waals surface area (Å²) in [5.74, 6) is 0.568. The van der Waals surface area contributed by atoms with E-state index in [2.05, 4.69) is 21.1 Å². The predicted octanol–water partition coefficient (Wildman–Crippen LogP) is 2.44. The lowest BCUT2D eigenvalue weighted by Crippen LogP contribution is -2.44. The van der Waals surface area contributed by atoms with Crippen molar-refractivity contribution in [3.8, 4) is 0 Å². The third-order valence-corrected chi connectivity index (χ3v) is 6.19. The van der Waals surface area contributed by atoms with Crippen LogP contribution < -0.4 is 0 Å². The maximum absolute atomic E-state index is 12.7. The molecule has 3 aromatic rings. The van der Waals surface area contributed by atoms with E-state index in [1.54, 1.807) is 6.33 Å². The molecule has 4 heterocycles. The summed E-state index contributed by atoms with van der Waals surface area (Å²) in [5.41, 5.74) is 3.66. The number of rotatable bonds is 4. The van der Waals surface area contributed by atoms with E-state index in [9.17, 15) is 4.79 Å². The van der Waals surface area contributed by atoms with Gasteiger partial charge in [0.25, 0.3) is 5.91 Å². The first-order chi connectivity index (χ1) is 13.7. The predicted molar refractivity (Wildman–Crippen MR) is 105 cm³/mol. The van der Waals surface area contributed by atoms with Gasteiger partial charge >= 0.3 is 0 Å². The van der Waals surface area contributed by atoms with Crippen LogP contribution in [-0.2, 0) is 13.5 Å². The van der Waals surface area contributed by atoms with Gasteiger partial charge in [0.05, 0.1) is 17.7 Å². The number of hydrogen-bond donors (Lipinski definition) is 0. The molecule has 0 spiro atoms. The van der Waals surface area contributed by atoms with Gasteiger partial charge in [-0.25, -0.2) is 4.98 Å². The zero-order valence-electron chi connectivity index (χ0n) is 16.2. The summed E-state index contributed by atoms with van der Waals surface area (Å²) in [6.45, 7) is 4.53. The van der Waals surface area contributed by atoms with Crippen LogP contribution in [0.15, 0.2) is 35.1 Å². The zero-order chi connectivity index (χ0) is 19.1. The Morgan fingerprint density at radius 3 is 2.82 bits per heavy atom. The Morgan fingerprint density at radius 1 is 1.14 bits per heavy atom. The summed E-state index contributed by atoms with van der Waals surface area (Å²) in [5, 5.41) is 5.49. The average molecular weight is 379 g/mol. The summed E-state index contributed by atoms with van der Waals surface area (Å²) in [7, 11) is 1.89. The molecule has 0 bridgehead atoms. The molecule has 1 fully saturated rings. The Kier molecular flexibility index (Phi) is 4.39. The van der Waals surface area contributed by atoms with Crippen LogP contribution in [0.2, 0.25) is 0 Å². The second-order valence-electron chi connectivity index (χ2n) is 7.87. The second kappa shape index (κ2) is 7.05. The van der Waals surface area contributed by atoms with Crippen molar-refractivity contribution < 1.29 is 9.32 Å². The molecule has 28 heavy (non-hydrogen) atoms. The first kappa shape index (κ1) is 17.4. The second-order valence-corrected chi connectivity index (χ2v) is 7.87. The van der Waals surface area contributed by atoms with Gasteiger partial charge in [0, 0.05) is 44.4 Å². The lowest BCUT2D eigenvalue weighted by atomic mass is 9.91. The van der Waals surface area contributed by atoms with Gasteiger partial charge in [0.2, 0.25) is 0 Å². The molecule has 1 amide bonds. The van der Waals surface area contributed by atoms with Gasteiger partial charge in [-0.15, -0.1) is 0 Å². The van der Waals surface area contributed by atoms with Crippen molar-refractivity contribution in [1.29, 1.82) is 0 Å². The maximum Gasteiger partial charge on any atom is 0.272 e. The van der Waals surface area contributed by atoms with Crippen LogP contribution in [0.3, 0.4) is 0 Å². The molecule has 2 aliphatic heterocycles. The number of carbonyl (C=O) groups excluding carboxylic acids is 1. The zero-order valence-corrected chi connectivity index (χ0v) is 16.2. The third kappa shape index (κ3) is 2.99. The summed E-state index contributed by atoms with van der Waals surface area (Å²) in [6.07, 6.45) is 4.75. The van der Waals surface area contributed by atoms with E-state index in [-0.39, 0.29) is 5.91 Å². The molecule has 7 nitrogen and oxygen atoms in total. The van der Waals surface area contributed by atoms with Gasteiger partial charge in [0.1, 0.15) is 5.69 Å². The SMILES string of the molecule is Cn1cnc2c1C(=O)N(CCN1CCC(c3noc4ccccc34)CC1)CC2. The van der Waals surface area contributed by atoms with Crippen molar-refractivity contribution in [3.05, 3.63) is 47.7 Å². The minimum atomic E-state index is 0.116. The molecule has 2 aliphatic rings. The molecule has 0 unspecified atom stereocenters. The van der Waals surface area contributed by atoms with Crippen molar-refractivity contribution in [2.45, 2.75) is 25.2 Å². The van der Waals surface area contributed by atoms with E-state index in [1.807, 2.05) is 34.7 Å². The van der Waals surface area contributed by atoms with Crippen molar-refractivity contribution in [2.24, 2.45) is 7.05 Å². The van der Waals surface area contributed by atoms with E-state index in [4.69, 9.17) is 4.52 Å². The van der Waals surface area contributed by atoms with Crippen LogP contribution in [-0.4, -0.2) is 63.1 Å². The molecule has 0 aliphatic carbocycles. The summed E-state index contributed by atoms with van der Waals surface area (Å²) < 4.78 is 7.33. The van der Waals surface area contributed by atoms with Crippen LogP contribution in [0.5, 0.6) is 0 Å². The number of para-hydroxylation sites is 1. The topological polar surface area (TPSA) is 67.4 Å². The molecule has 0 saturated carbocycles. The fourth-order valence-electron chi connectivity index (χ4n) is 4.53. The molecule has 7 heteroatoms. The van der Waals surface area contributed by atoms with E-state index in [0.29, 0.717) is 5.92 Å². The van der Waals surface area contributed by atoms with Crippen molar-refractivity contribution in [2.75, 3.05) is 32.7 Å². The molecular weight excluding hydrogens is 354 g/mol. The molecular formula is C21H25N5O2. The number of amides is 1.